The molecule has 3 aliphatic rings. The van der Waals surface area contributed by atoms with Crippen LogP contribution in [0.1, 0.15) is 145 Å². The smallest absolute Gasteiger partial charge is 0.410 e. The van der Waals surface area contributed by atoms with E-state index >= 15 is 0 Å². The molecule has 2 saturated heterocycles. The van der Waals surface area contributed by atoms with Crippen molar-refractivity contribution in [3.8, 4) is 5.75 Å². The van der Waals surface area contributed by atoms with Crippen molar-refractivity contribution in [1.82, 2.24) is 40.9 Å². The predicted molar refractivity (Wildman–Crippen MR) is 367 cm³/mol. The number of hydrogen-bond acceptors (Lipinski definition) is 20. The zero-order valence-electron chi connectivity index (χ0n) is 60.7. The Bertz CT molecular complexity index is 3190. The summed E-state index contributed by atoms with van der Waals surface area (Å²) in [4.78, 5) is 153. The van der Waals surface area contributed by atoms with Crippen molar-refractivity contribution in [3.63, 3.8) is 0 Å². The fraction of sp³-hybridized carbons (Fsp3) is 0.648. The minimum Gasteiger partial charge on any atom is -0.479 e. The highest BCUT2D eigenvalue weighted by Crippen LogP contribution is 2.34. The third-order valence-corrected chi connectivity index (χ3v) is 19.0. The van der Waals surface area contributed by atoms with E-state index in [9.17, 15) is 78.3 Å². The lowest BCUT2D eigenvalue weighted by atomic mass is 9.89. The summed E-state index contributed by atoms with van der Waals surface area (Å²) in [6, 6.07) is 6.32. The molecule has 2 fully saturated rings. The van der Waals surface area contributed by atoms with Gasteiger partial charge in [0, 0.05) is 60.0 Å². The normalized spacial score (nSPS) is 21.6. The standard InChI is InChI=1S/C71H107N9O21/c1-16-40(8)57(49(97-14)35-53(84)79-33-23-26-47(79)62(98-15)41(9)64(89)72-42(10)58(85)45-24-19-17-20-25-45)77(12)68(93)55(38(4)5)76-67(92)56(39(6)7)78(13)71(96)99-36-44-28-29-46(48(34-44)100-70-61(88)59(86)60(87)63(101-70)69(94)95)74-65(90)43(11)73-66(91)54(37(2)3)75-50(81)27-21-18-22-32-80-51(82)30-31-52(80)83/h17,19-20,24-25,28-31,34,37-43,47,49,54-63,70,85-88H,16,18,21-23,26-27,32-33,35-36H2,1-15H3,(H,72,89)(H,73,91)(H,74,90)(H,75,81)(H,76,92)(H,94,95)/t40-,41+,42+,43-,47-,49+,54-,55-,56-,57-,58+,59-,60-,61+,62+,63-,70+/m0/s1. The van der Waals surface area contributed by atoms with Gasteiger partial charge >= 0.3 is 12.1 Å². The number of rotatable bonds is 37. The van der Waals surface area contributed by atoms with Crippen molar-refractivity contribution in [2.75, 3.05) is 46.7 Å². The van der Waals surface area contributed by atoms with Crippen molar-refractivity contribution >= 4 is 70.9 Å². The van der Waals surface area contributed by atoms with Crippen molar-refractivity contribution in [1.29, 1.82) is 0 Å². The van der Waals surface area contributed by atoms with E-state index in [2.05, 4.69) is 26.6 Å². The fourth-order valence-electron chi connectivity index (χ4n) is 12.8. The highest BCUT2D eigenvalue weighted by atomic mass is 16.7. The van der Waals surface area contributed by atoms with Crippen LogP contribution in [0.2, 0.25) is 0 Å². The third kappa shape index (κ3) is 22.2. The van der Waals surface area contributed by atoms with Crippen LogP contribution in [0.15, 0.2) is 60.7 Å². The van der Waals surface area contributed by atoms with Gasteiger partial charge in [0.25, 0.3) is 11.8 Å². The van der Waals surface area contributed by atoms with E-state index < -0.39 is 175 Å². The van der Waals surface area contributed by atoms with E-state index in [0.717, 1.165) is 9.80 Å². The van der Waals surface area contributed by atoms with E-state index in [1.165, 1.54) is 63.4 Å². The van der Waals surface area contributed by atoms with E-state index in [0.29, 0.717) is 50.6 Å². The molecule has 0 spiro atoms. The van der Waals surface area contributed by atoms with Crippen LogP contribution in [0.4, 0.5) is 10.5 Å². The van der Waals surface area contributed by atoms with Gasteiger partial charge in [0.1, 0.15) is 54.8 Å². The second kappa shape index (κ2) is 38.8. The first-order valence-corrected chi connectivity index (χ1v) is 34.6. The number of carbonyl (C=O) groups is 11. The van der Waals surface area contributed by atoms with Crippen molar-refractivity contribution in [3.05, 3.63) is 71.8 Å². The molecule has 0 unspecified atom stereocenters. The van der Waals surface area contributed by atoms with Crippen LogP contribution in [0.5, 0.6) is 5.75 Å². The van der Waals surface area contributed by atoms with Gasteiger partial charge in [-0.25, -0.2) is 9.59 Å². The van der Waals surface area contributed by atoms with E-state index in [4.69, 9.17) is 23.7 Å². The molecule has 3 heterocycles. The predicted octanol–water partition coefficient (Wildman–Crippen LogP) is 2.92. The molecular formula is C71H107N9O21. The number of carboxylic acid groups (broad SMARTS) is 1. The number of aliphatic hydroxyl groups is 4. The number of methoxy groups -OCH3 is 2. The minimum atomic E-state index is -2.09. The monoisotopic (exact) mass is 1420 g/mol. The summed E-state index contributed by atoms with van der Waals surface area (Å²) in [6.07, 6.45) is -8.42. The molecular weight excluding hydrogens is 1310 g/mol. The van der Waals surface area contributed by atoms with Gasteiger partial charge in [-0.15, -0.1) is 0 Å². The van der Waals surface area contributed by atoms with E-state index in [-0.39, 0.29) is 54.1 Å². The number of likely N-dealkylation sites (N-methyl/N-ethyl adjacent to an activating group) is 2. The molecule has 562 valence electrons. The maximum Gasteiger partial charge on any atom is 0.410 e. The first-order valence-electron chi connectivity index (χ1n) is 34.6. The number of amides is 10. The lowest BCUT2D eigenvalue weighted by molar-refractivity contribution is -0.271. The number of ether oxygens (including phenoxy) is 5. The number of likely N-dealkylation sites (tertiary alicyclic amines) is 1. The molecule has 10 N–H and O–H groups in total. The Morgan fingerprint density at radius 1 is 0.713 bits per heavy atom. The SMILES string of the molecule is CC[C@H](C)[C@@H]([C@@H](CC(=O)N1CCC[C@H]1[C@H](OC)[C@@H](C)C(=O)N[C@H](C)[C@@H](O)c1ccccc1)OC)N(C)C(=O)[C@@H](NC(=O)[C@H](C(C)C)N(C)C(=O)OCc1ccc(NC(=O)[C@H](C)NC(=O)[C@@H](NC(=O)CCCCCN2C(=O)C=CC2=O)C(C)C)c(O[C@@H]2O[C@H](C(=O)O)[C@@H](O)[C@H](O)[C@H]2O)c1)C(C)C. The summed E-state index contributed by atoms with van der Waals surface area (Å²) < 4.78 is 29.1. The Morgan fingerprint density at radius 2 is 1.36 bits per heavy atom. The number of aliphatic hydroxyl groups excluding tert-OH is 4. The Balaban J connectivity index is 1.27. The Hall–Kier alpha value is -8.13. The molecule has 10 amide bonds. The summed E-state index contributed by atoms with van der Waals surface area (Å²) >= 11 is 0. The number of carboxylic acids is 1. The van der Waals surface area contributed by atoms with Gasteiger partial charge in [-0.1, -0.05) is 112 Å². The number of hydrogen-bond donors (Lipinski definition) is 10. The summed E-state index contributed by atoms with van der Waals surface area (Å²) in [7, 11) is 5.88. The molecule has 30 heteroatoms. The van der Waals surface area contributed by atoms with Gasteiger partial charge in [0.05, 0.1) is 54.5 Å². The molecule has 101 heavy (non-hydrogen) atoms. The van der Waals surface area contributed by atoms with Gasteiger partial charge < -0.3 is 85.6 Å². The van der Waals surface area contributed by atoms with Gasteiger partial charge in [-0.3, -0.25) is 53.0 Å². The first-order chi connectivity index (χ1) is 47.6. The maximum atomic E-state index is 14.9. The Labute approximate surface area is 590 Å². The van der Waals surface area contributed by atoms with Crippen LogP contribution in [-0.2, 0) is 73.5 Å². The lowest BCUT2D eigenvalue weighted by Crippen LogP contribution is -2.61. The van der Waals surface area contributed by atoms with Gasteiger partial charge in [0.2, 0.25) is 47.6 Å². The second-order valence-electron chi connectivity index (χ2n) is 27.5. The topological polar surface area (TPSA) is 408 Å². The van der Waals surface area contributed by atoms with Crippen LogP contribution in [0, 0.1) is 29.6 Å². The number of anilines is 1. The van der Waals surface area contributed by atoms with Gasteiger partial charge in [-0.2, -0.15) is 0 Å². The molecule has 0 saturated carbocycles. The maximum absolute atomic E-state index is 14.9. The summed E-state index contributed by atoms with van der Waals surface area (Å²) in [5.74, 6) is -9.17. The second-order valence-corrected chi connectivity index (χ2v) is 27.5. The molecule has 0 aromatic heterocycles. The quantitative estimate of drug-likeness (QED) is 0.0343. The minimum absolute atomic E-state index is 0.0291. The van der Waals surface area contributed by atoms with Crippen LogP contribution in [0.25, 0.3) is 0 Å². The fourth-order valence-corrected chi connectivity index (χ4v) is 12.8. The molecule has 0 radical (unpaired) electrons. The highest BCUT2D eigenvalue weighted by molar-refractivity contribution is 6.12. The average molecular weight is 1420 g/mol. The van der Waals surface area contributed by atoms with Gasteiger partial charge in [0.15, 0.2) is 6.10 Å². The zero-order valence-corrected chi connectivity index (χ0v) is 60.7. The molecule has 0 bridgehead atoms. The number of carbonyl (C=O) groups excluding carboxylic acids is 10. The summed E-state index contributed by atoms with van der Waals surface area (Å²) in [6.45, 7) is 19.0. The van der Waals surface area contributed by atoms with Crippen LogP contribution >= 0.6 is 0 Å². The molecule has 0 aliphatic carbocycles. The first kappa shape index (κ1) is 83.5. The van der Waals surface area contributed by atoms with Crippen molar-refractivity contribution < 1.29 is 102 Å². The Morgan fingerprint density at radius 3 is 1.94 bits per heavy atom. The molecule has 30 nitrogen and oxygen atoms in total. The molecule has 5 rings (SSSR count). The number of unbranched alkanes of at least 4 members (excludes halogenated alkanes) is 2. The van der Waals surface area contributed by atoms with Crippen LogP contribution in [0.3, 0.4) is 0 Å². The number of nitrogens with one attached hydrogen (secondary N) is 5. The number of imide groups is 1. The number of nitrogens with zero attached hydrogens (tertiary/aromatic N) is 4. The molecule has 2 aromatic rings. The van der Waals surface area contributed by atoms with Crippen LogP contribution < -0.4 is 31.3 Å². The van der Waals surface area contributed by atoms with Crippen molar-refractivity contribution in [2.24, 2.45) is 29.6 Å². The van der Waals surface area contributed by atoms with E-state index in [1.54, 1.807) is 91.6 Å². The van der Waals surface area contributed by atoms with Crippen molar-refractivity contribution in [2.45, 2.75) is 225 Å². The average Bonchev–Trinajstić information content (AvgIpc) is 1.17. The van der Waals surface area contributed by atoms with Gasteiger partial charge in [-0.05, 0) is 86.5 Å². The number of benzene rings is 2. The Kier molecular flexibility index (Phi) is 32.1. The lowest BCUT2D eigenvalue weighted by Gasteiger charge is -2.41. The molecule has 17 atom stereocenters. The molecule has 2 aromatic carbocycles. The summed E-state index contributed by atoms with van der Waals surface area (Å²) in [5.41, 5.74) is 0.633. The zero-order chi connectivity index (χ0) is 75.4. The van der Waals surface area contributed by atoms with E-state index in [1.807, 2.05) is 19.9 Å². The highest BCUT2D eigenvalue weighted by Gasteiger charge is 2.49. The molecule has 3 aliphatic heterocycles. The third-order valence-electron chi connectivity index (χ3n) is 19.0. The summed E-state index contributed by atoms with van der Waals surface area (Å²) in [5, 5.41) is 66.4. The number of aliphatic carboxylic acids is 1. The largest absolute Gasteiger partial charge is 0.479 e. The van der Waals surface area contributed by atoms with Crippen LogP contribution in [-0.4, -0.2) is 237 Å².